The highest BCUT2D eigenvalue weighted by Crippen LogP contribution is 2.30. The Morgan fingerprint density at radius 2 is 2.21 bits per heavy atom. The second-order valence-corrected chi connectivity index (χ2v) is 7.11. The first kappa shape index (κ1) is 19.1. The Morgan fingerprint density at radius 1 is 1.34 bits per heavy atom. The molecule has 10 heteroatoms. The van der Waals surface area contributed by atoms with Crippen LogP contribution in [0.2, 0.25) is 5.02 Å². The van der Waals surface area contributed by atoms with Gasteiger partial charge in [-0.2, -0.15) is 4.68 Å². The Labute approximate surface area is 172 Å². The number of benzene rings is 1. The number of rotatable bonds is 8. The summed E-state index contributed by atoms with van der Waals surface area (Å²) in [5, 5.41) is 14.1. The summed E-state index contributed by atoms with van der Waals surface area (Å²) in [6, 6.07) is 6.82. The topological polar surface area (TPSA) is 104 Å². The normalized spacial score (nSPS) is 13.2. The predicted octanol–water partition coefficient (Wildman–Crippen LogP) is 2.44. The molecule has 0 unspecified atom stereocenters. The van der Waals surface area contributed by atoms with Crippen molar-refractivity contribution in [1.82, 2.24) is 30.5 Å². The Bertz CT molecular complexity index is 990. The number of methoxy groups -OCH3 is 1. The van der Waals surface area contributed by atoms with Gasteiger partial charge in [-0.25, -0.2) is 4.98 Å². The van der Waals surface area contributed by atoms with Gasteiger partial charge in [0, 0.05) is 24.9 Å². The summed E-state index contributed by atoms with van der Waals surface area (Å²) in [5.74, 6) is 1.31. The van der Waals surface area contributed by atoms with Crippen LogP contribution in [-0.4, -0.2) is 44.8 Å². The van der Waals surface area contributed by atoms with Gasteiger partial charge in [-0.05, 0) is 40.8 Å². The van der Waals surface area contributed by atoms with Crippen molar-refractivity contribution in [3.8, 4) is 17.3 Å². The summed E-state index contributed by atoms with van der Waals surface area (Å²) in [6.45, 7) is 1.02. The van der Waals surface area contributed by atoms with Gasteiger partial charge < -0.3 is 14.8 Å². The van der Waals surface area contributed by atoms with Crippen LogP contribution in [0.4, 0.5) is 0 Å². The molecule has 2 aromatic heterocycles. The molecular formula is C19H19ClN6O3. The zero-order chi connectivity index (χ0) is 20.2. The lowest BCUT2D eigenvalue weighted by Crippen LogP contribution is -2.23. The number of nitrogens with one attached hydrogen (secondary N) is 1. The molecule has 0 radical (unpaired) electrons. The van der Waals surface area contributed by atoms with Crippen molar-refractivity contribution in [3.05, 3.63) is 52.9 Å². The van der Waals surface area contributed by atoms with E-state index in [1.807, 2.05) is 12.1 Å². The van der Waals surface area contributed by atoms with Crippen molar-refractivity contribution < 1.29 is 14.3 Å². The SMILES string of the molecule is COc1cc(-n2cnnn2)c(Cl)cc1C(=O)NCc1ccc(OCC2CC2)nc1. The van der Waals surface area contributed by atoms with Crippen LogP contribution in [0.15, 0.2) is 36.8 Å². The average Bonchev–Trinajstić information content (AvgIpc) is 3.42. The first-order valence-electron chi connectivity index (χ1n) is 9.11. The lowest BCUT2D eigenvalue weighted by Gasteiger charge is -2.12. The fourth-order valence-electron chi connectivity index (χ4n) is 2.70. The molecule has 9 nitrogen and oxygen atoms in total. The quantitative estimate of drug-likeness (QED) is 0.603. The van der Waals surface area contributed by atoms with Crippen LogP contribution < -0.4 is 14.8 Å². The van der Waals surface area contributed by atoms with E-state index in [0.717, 1.165) is 5.56 Å². The molecule has 1 saturated carbocycles. The number of carbonyl (C=O) groups is 1. The van der Waals surface area contributed by atoms with Crippen LogP contribution in [0.1, 0.15) is 28.8 Å². The van der Waals surface area contributed by atoms with E-state index in [1.165, 1.54) is 37.0 Å². The van der Waals surface area contributed by atoms with E-state index in [9.17, 15) is 4.79 Å². The molecule has 0 aliphatic heterocycles. The molecule has 0 atom stereocenters. The van der Waals surface area contributed by atoms with E-state index < -0.39 is 0 Å². The molecule has 29 heavy (non-hydrogen) atoms. The number of nitrogens with zero attached hydrogens (tertiary/aromatic N) is 5. The second-order valence-electron chi connectivity index (χ2n) is 6.70. The summed E-state index contributed by atoms with van der Waals surface area (Å²) < 4.78 is 12.4. The molecule has 1 amide bonds. The minimum atomic E-state index is -0.318. The molecule has 4 rings (SSSR count). The zero-order valence-corrected chi connectivity index (χ0v) is 16.5. The van der Waals surface area contributed by atoms with Crippen LogP contribution in [0.5, 0.6) is 11.6 Å². The Kier molecular flexibility index (Phi) is 5.57. The first-order chi connectivity index (χ1) is 14.1. The van der Waals surface area contributed by atoms with Crippen molar-refractivity contribution in [3.63, 3.8) is 0 Å². The summed E-state index contributed by atoms with van der Waals surface area (Å²) >= 11 is 6.31. The standard InChI is InChI=1S/C19H19ClN6O3/c1-28-17-7-16(26-11-23-24-25-26)15(20)6-14(17)19(27)22-9-13-4-5-18(21-8-13)29-10-12-2-3-12/h4-8,11-12H,2-3,9-10H2,1H3,(H,22,27). The molecular weight excluding hydrogens is 396 g/mol. The van der Waals surface area contributed by atoms with E-state index >= 15 is 0 Å². The lowest BCUT2D eigenvalue weighted by atomic mass is 10.1. The third-order valence-corrected chi connectivity index (χ3v) is 4.83. The largest absolute Gasteiger partial charge is 0.496 e. The number of amides is 1. The Morgan fingerprint density at radius 3 is 2.86 bits per heavy atom. The minimum absolute atomic E-state index is 0.310. The number of pyridine rings is 1. The number of hydrogen-bond donors (Lipinski definition) is 1. The Hall–Kier alpha value is -3.20. The van der Waals surface area contributed by atoms with Gasteiger partial charge in [0.05, 0.1) is 30.0 Å². The monoisotopic (exact) mass is 414 g/mol. The molecule has 2 heterocycles. The molecule has 3 aromatic rings. The summed E-state index contributed by atoms with van der Waals surface area (Å²) in [5.41, 5.74) is 1.68. The van der Waals surface area contributed by atoms with Crippen LogP contribution in [0.3, 0.4) is 0 Å². The number of hydrogen-bond acceptors (Lipinski definition) is 7. The smallest absolute Gasteiger partial charge is 0.255 e. The minimum Gasteiger partial charge on any atom is -0.496 e. The third-order valence-electron chi connectivity index (χ3n) is 4.52. The van der Waals surface area contributed by atoms with Crippen molar-refractivity contribution in [2.75, 3.05) is 13.7 Å². The van der Waals surface area contributed by atoms with E-state index in [4.69, 9.17) is 21.1 Å². The number of tetrazole rings is 1. The molecule has 1 fully saturated rings. The van der Waals surface area contributed by atoms with E-state index in [1.54, 1.807) is 12.3 Å². The van der Waals surface area contributed by atoms with Crippen molar-refractivity contribution in [2.24, 2.45) is 5.92 Å². The summed E-state index contributed by atoms with van der Waals surface area (Å²) in [6.07, 6.45) is 5.56. The van der Waals surface area contributed by atoms with Gasteiger partial charge in [-0.3, -0.25) is 4.79 Å². The number of aromatic nitrogens is 5. The maximum Gasteiger partial charge on any atom is 0.255 e. The van der Waals surface area contributed by atoms with Gasteiger partial charge in [0.1, 0.15) is 12.1 Å². The van der Waals surface area contributed by atoms with Gasteiger partial charge in [0.15, 0.2) is 0 Å². The third kappa shape index (κ3) is 4.62. The van der Waals surface area contributed by atoms with Crippen molar-refractivity contribution >= 4 is 17.5 Å². The van der Waals surface area contributed by atoms with Crippen molar-refractivity contribution in [1.29, 1.82) is 0 Å². The fourth-order valence-corrected chi connectivity index (χ4v) is 2.95. The van der Waals surface area contributed by atoms with Crippen molar-refractivity contribution in [2.45, 2.75) is 19.4 Å². The number of ether oxygens (including phenoxy) is 2. The maximum atomic E-state index is 12.7. The van der Waals surface area contributed by atoms with E-state index in [-0.39, 0.29) is 5.91 Å². The molecule has 1 aromatic carbocycles. The van der Waals surface area contributed by atoms with Gasteiger partial charge >= 0.3 is 0 Å². The Balaban J connectivity index is 1.41. The highest BCUT2D eigenvalue weighted by atomic mass is 35.5. The number of halogens is 1. The van der Waals surface area contributed by atoms with E-state index in [0.29, 0.717) is 47.0 Å². The second kappa shape index (κ2) is 8.44. The summed E-state index contributed by atoms with van der Waals surface area (Å²) in [4.78, 5) is 16.9. The molecule has 1 aliphatic carbocycles. The maximum absolute atomic E-state index is 12.7. The average molecular weight is 415 g/mol. The van der Waals surface area contributed by atoms with Gasteiger partial charge in [-0.1, -0.05) is 17.7 Å². The molecule has 0 bridgehead atoms. The predicted molar refractivity (Wildman–Crippen MR) is 104 cm³/mol. The van der Waals surface area contributed by atoms with Crippen LogP contribution in [-0.2, 0) is 6.54 Å². The molecule has 1 aliphatic rings. The van der Waals surface area contributed by atoms with E-state index in [2.05, 4.69) is 25.8 Å². The van der Waals surface area contributed by atoms with Gasteiger partial charge in [-0.15, -0.1) is 5.10 Å². The first-order valence-corrected chi connectivity index (χ1v) is 9.48. The molecule has 0 saturated heterocycles. The molecule has 0 spiro atoms. The highest BCUT2D eigenvalue weighted by Gasteiger charge is 2.22. The molecule has 150 valence electrons. The van der Waals surface area contributed by atoms with Gasteiger partial charge in [0.25, 0.3) is 5.91 Å². The van der Waals surface area contributed by atoms with Crippen LogP contribution in [0.25, 0.3) is 5.69 Å². The summed E-state index contributed by atoms with van der Waals surface area (Å²) in [7, 11) is 1.48. The fraction of sp³-hybridized carbons (Fsp3) is 0.316. The van der Waals surface area contributed by atoms with Gasteiger partial charge in [0.2, 0.25) is 5.88 Å². The molecule has 1 N–H and O–H groups in total. The number of carbonyl (C=O) groups excluding carboxylic acids is 1. The van der Waals surface area contributed by atoms with Crippen LogP contribution in [0, 0.1) is 5.92 Å². The van der Waals surface area contributed by atoms with Crippen LogP contribution >= 0.6 is 11.6 Å². The highest BCUT2D eigenvalue weighted by molar-refractivity contribution is 6.33. The lowest BCUT2D eigenvalue weighted by molar-refractivity contribution is 0.0948. The zero-order valence-electron chi connectivity index (χ0n) is 15.7.